The third-order valence-corrected chi connectivity index (χ3v) is 9.41. The first-order valence-electron chi connectivity index (χ1n) is 17.8. The summed E-state index contributed by atoms with van der Waals surface area (Å²) in [6.07, 6.45) is 1.97. The lowest BCUT2D eigenvalue weighted by Crippen LogP contribution is -2.56. The highest BCUT2D eigenvalue weighted by Gasteiger charge is 2.39. The van der Waals surface area contributed by atoms with Crippen LogP contribution < -0.4 is 26.2 Å². The van der Waals surface area contributed by atoms with Crippen LogP contribution in [0.2, 0.25) is 0 Å². The second-order valence-corrected chi connectivity index (χ2v) is 14.0. The standard InChI is InChI=1S/C39H48N6O8/c1-25(2)17-32-39(51)44(15-16-52-4)23-34(46)40-31(18-26-9-6-5-7-10-26)37(49)42-33-22-45(38(50)28-13-14-36(48)43(3)20-28)21-30(33)27-11-8-12-29(19-27)53-24-35(47)41-32/h5-14,19-20,25,30-33H,15-18,21-24H2,1-4H3,(H,40,46)(H,41,47)(H,42,49)/t30-,31-,32+,33+/m0/s1. The lowest BCUT2D eigenvalue weighted by Gasteiger charge is -2.29. The molecule has 5 rings (SSSR count). The lowest BCUT2D eigenvalue weighted by molar-refractivity contribution is -0.141. The predicted molar refractivity (Wildman–Crippen MR) is 196 cm³/mol. The van der Waals surface area contributed by atoms with E-state index in [1.165, 1.54) is 34.9 Å². The second kappa shape index (κ2) is 17.8. The molecule has 282 valence electrons. The summed E-state index contributed by atoms with van der Waals surface area (Å²) in [7, 11) is 3.06. The molecule has 0 unspecified atom stereocenters. The Morgan fingerprint density at radius 2 is 1.66 bits per heavy atom. The number of nitrogens with one attached hydrogen (secondary N) is 3. The number of fused-ring (bicyclic) bond motifs is 4. The minimum absolute atomic E-state index is 0.0383. The van der Waals surface area contributed by atoms with Crippen molar-refractivity contribution in [2.45, 2.75) is 50.7 Å². The summed E-state index contributed by atoms with van der Waals surface area (Å²) in [6, 6.07) is 16.6. The molecule has 3 aromatic rings. The molecule has 1 fully saturated rings. The number of hydrogen-bond acceptors (Lipinski definition) is 8. The molecule has 0 saturated carbocycles. The zero-order valence-corrected chi connectivity index (χ0v) is 30.6. The summed E-state index contributed by atoms with van der Waals surface area (Å²) in [6.45, 7) is 3.72. The van der Waals surface area contributed by atoms with Gasteiger partial charge in [-0.15, -0.1) is 0 Å². The van der Waals surface area contributed by atoms with Crippen molar-refractivity contribution in [2.24, 2.45) is 13.0 Å². The van der Waals surface area contributed by atoms with Gasteiger partial charge in [-0.1, -0.05) is 56.3 Å². The van der Waals surface area contributed by atoms with Gasteiger partial charge in [0, 0.05) is 58.4 Å². The Kier molecular flexibility index (Phi) is 13.0. The van der Waals surface area contributed by atoms with Crippen LogP contribution in [0.25, 0.3) is 0 Å². The van der Waals surface area contributed by atoms with Crippen molar-refractivity contribution in [2.75, 3.05) is 46.5 Å². The van der Waals surface area contributed by atoms with Crippen LogP contribution in [0.3, 0.4) is 0 Å². The van der Waals surface area contributed by atoms with Gasteiger partial charge in [0.2, 0.25) is 23.3 Å². The number of carbonyl (C=O) groups excluding carboxylic acids is 5. The van der Waals surface area contributed by atoms with Crippen LogP contribution in [-0.2, 0) is 37.4 Å². The van der Waals surface area contributed by atoms with Crippen molar-refractivity contribution in [1.82, 2.24) is 30.3 Å². The number of ether oxygens (including phenoxy) is 2. The third kappa shape index (κ3) is 10.3. The van der Waals surface area contributed by atoms with Gasteiger partial charge in [0.05, 0.1) is 24.8 Å². The van der Waals surface area contributed by atoms with E-state index in [4.69, 9.17) is 9.47 Å². The first-order valence-corrected chi connectivity index (χ1v) is 17.8. The number of hydrogen-bond donors (Lipinski definition) is 3. The zero-order valence-electron chi connectivity index (χ0n) is 30.6. The van der Waals surface area contributed by atoms with Crippen LogP contribution in [0.15, 0.2) is 77.7 Å². The number of benzene rings is 2. The summed E-state index contributed by atoms with van der Waals surface area (Å²) < 4.78 is 12.5. The Labute approximate surface area is 308 Å². The van der Waals surface area contributed by atoms with E-state index in [1.54, 1.807) is 30.1 Å². The number of nitrogens with zero attached hydrogens (tertiary/aromatic N) is 3. The lowest BCUT2D eigenvalue weighted by atomic mass is 9.93. The molecule has 2 bridgehead atoms. The number of rotatable bonds is 8. The van der Waals surface area contributed by atoms with Crippen LogP contribution in [-0.4, -0.2) is 109 Å². The van der Waals surface area contributed by atoms with Crippen LogP contribution in [0.4, 0.5) is 0 Å². The van der Waals surface area contributed by atoms with Crippen molar-refractivity contribution in [3.8, 4) is 5.75 Å². The summed E-state index contributed by atoms with van der Waals surface area (Å²) in [5.74, 6) is -2.24. The minimum atomic E-state index is -1.03. The Balaban J connectivity index is 1.51. The molecule has 2 aromatic carbocycles. The van der Waals surface area contributed by atoms with Crippen LogP contribution in [0, 0.1) is 5.92 Å². The second-order valence-electron chi connectivity index (χ2n) is 14.0. The van der Waals surface area contributed by atoms with E-state index < -0.39 is 47.7 Å². The van der Waals surface area contributed by atoms with Gasteiger partial charge < -0.3 is 39.8 Å². The fraction of sp³-hybridized carbons (Fsp3) is 0.436. The highest BCUT2D eigenvalue weighted by atomic mass is 16.5. The molecule has 0 radical (unpaired) electrons. The first-order chi connectivity index (χ1) is 25.4. The Morgan fingerprint density at radius 1 is 0.906 bits per heavy atom. The van der Waals surface area contributed by atoms with Gasteiger partial charge in [0.25, 0.3) is 11.8 Å². The topological polar surface area (TPSA) is 168 Å². The monoisotopic (exact) mass is 728 g/mol. The third-order valence-electron chi connectivity index (χ3n) is 9.41. The van der Waals surface area contributed by atoms with E-state index in [1.807, 2.05) is 50.2 Å². The molecule has 0 spiro atoms. The molecule has 14 heteroatoms. The average Bonchev–Trinajstić information content (AvgIpc) is 3.56. The van der Waals surface area contributed by atoms with E-state index >= 15 is 0 Å². The summed E-state index contributed by atoms with van der Waals surface area (Å²) in [5.41, 5.74) is 1.64. The van der Waals surface area contributed by atoms with Gasteiger partial charge in [0.15, 0.2) is 6.61 Å². The summed E-state index contributed by atoms with van der Waals surface area (Å²) in [4.78, 5) is 83.8. The van der Waals surface area contributed by atoms with Crippen molar-refractivity contribution in [1.29, 1.82) is 0 Å². The van der Waals surface area contributed by atoms with Crippen molar-refractivity contribution in [3.05, 3.63) is 100.0 Å². The molecule has 2 aliphatic heterocycles. The molecule has 0 aliphatic carbocycles. The highest BCUT2D eigenvalue weighted by molar-refractivity contribution is 5.95. The maximum Gasteiger partial charge on any atom is 0.258 e. The fourth-order valence-corrected chi connectivity index (χ4v) is 6.71. The molecule has 1 aromatic heterocycles. The molecule has 2 aliphatic rings. The Hall–Kier alpha value is -5.50. The quantitative estimate of drug-likeness (QED) is 0.312. The number of methoxy groups -OCH3 is 1. The SMILES string of the molecule is COCCN1CC(=O)N[C@@H](Cc2ccccc2)C(=O)N[C@@H]2CN(C(=O)c3ccc(=O)n(C)c3)C[C@H]2c2cccc(c2)OCC(=O)N[C@H](CC(C)C)C1=O. The number of likely N-dealkylation sites (tertiary alicyclic amines) is 1. The Morgan fingerprint density at radius 3 is 2.38 bits per heavy atom. The van der Waals surface area contributed by atoms with Crippen molar-refractivity contribution in [3.63, 3.8) is 0 Å². The molecule has 53 heavy (non-hydrogen) atoms. The number of pyridine rings is 1. The van der Waals surface area contributed by atoms with E-state index in [0.717, 1.165) is 11.1 Å². The predicted octanol–water partition coefficient (Wildman–Crippen LogP) is 1.24. The smallest absolute Gasteiger partial charge is 0.258 e. The van der Waals surface area contributed by atoms with Crippen LogP contribution in [0.5, 0.6) is 5.75 Å². The van der Waals surface area contributed by atoms with Gasteiger partial charge in [-0.2, -0.15) is 0 Å². The van der Waals surface area contributed by atoms with Crippen molar-refractivity contribution < 1.29 is 33.4 Å². The molecule has 1 saturated heterocycles. The first kappa shape index (κ1) is 38.7. The van der Waals surface area contributed by atoms with Gasteiger partial charge in [-0.25, -0.2) is 0 Å². The van der Waals surface area contributed by atoms with Crippen molar-refractivity contribution >= 4 is 29.5 Å². The normalized spacial score (nSPS) is 21.5. The van der Waals surface area contributed by atoms with Gasteiger partial charge in [0.1, 0.15) is 17.8 Å². The molecule has 5 amide bonds. The number of amides is 5. The highest BCUT2D eigenvalue weighted by Crippen LogP contribution is 2.31. The zero-order chi connectivity index (χ0) is 38.1. The molecule has 4 atom stereocenters. The largest absolute Gasteiger partial charge is 0.484 e. The molecular formula is C39H48N6O8. The van der Waals surface area contributed by atoms with Crippen LogP contribution in [0.1, 0.15) is 47.7 Å². The van der Waals surface area contributed by atoms with E-state index in [-0.39, 0.29) is 63.2 Å². The molecule has 3 N–H and O–H groups in total. The fourth-order valence-electron chi connectivity index (χ4n) is 6.71. The summed E-state index contributed by atoms with van der Waals surface area (Å²) >= 11 is 0. The molecule has 3 heterocycles. The Bertz CT molecular complexity index is 1850. The van der Waals surface area contributed by atoms with Crippen LogP contribution >= 0.6 is 0 Å². The minimum Gasteiger partial charge on any atom is -0.484 e. The number of aromatic nitrogens is 1. The van der Waals surface area contributed by atoms with E-state index in [2.05, 4.69) is 16.0 Å². The molecular weight excluding hydrogens is 680 g/mol. The van der Waals surface area contributed by atoms with Gasteiger partial charge >= 0.3 is 0 Å². The summed E-state index contributed by atoms with van der Waals surface area (Å²) in [5, 5.41) is 8.78. The number of aryl methyl sites for hydroxylation is 1. The van der Waals surface area contributed by atoms with E-state index in [9.17, 15) is 28.8 Å². The van der Waals surface area contributed by atoms with E-state index in [0.29, 0.717) is 17.7 Å². The molecule has 14 nitrogen and oxygen atoms in total. The maximum absolute atomic E-state index is 14.2. The van der Waals surface area contributed by atoms with Gasteiger partial charge in [-0.05, 0) is 41.7 Å². The number of carbonyl (C=O) groups is 5. The average molecular weight is 729 g/mol. The van der Waals surface area contributed by atoms with Gasteiger partial charge in [-0.3, -0.25) is 28.8 Å². The maximum atomic E-state index is 14.2.